The number of alkyl halides is 3. The van der Waals surface area contributed by atoms with Gasteiger partial charge in [-0.15, -0.1) is 13.2 Å². The third-order valence-corrected chi connectivity index (χ3v) is 5.80. The second kappa shape index (κ2) is 6.80. The summed E-state index contributed by atoms with van der Waals surface area (Å²) in [5.74, 6) is -0.208. The van der Waals surface area contributed by atoms with E-state index in [0.29, 0.717) is 0 Å². The summed E-state index contributed by atoms with van der Waals surface area (Å²) in [5, 5.41) is 2.41. The number of allylic oxidation sites excluding steroid dienone is 4. The minimum absolute atomic E-state index is 0.208. The van der Waals surface area contributed by atoms with Crippen LogP contribution in [0, 0.1) is 0 Å². The van der Waals surface area contributed by atoms with E-state index in [1.807, 2.05) is 6.07 Å². The first-order valence-electron chi connectivity index (χ1n) is 9.79. The molecule has 0 spiro atoms. The molecule has 146 valence electrons. The SMILES string of the molecule is FC(F)(F)Oc1ccc(-c2ccc3c4c(ccc3c2)C2=C(CCC=C2)CC4)cc1. The average molecular weight is 392 g/mol. The van der Waals surface area contributed by atoms with Crippen LogP contribution in [0.3, 0.4) is 0 Å². The van der Waals surface area contributed by atoms with Crippen LogP contribution in [0.15, 0.2) is 72.3 Å². The van der Waals surface area contributed by atoms with Gasteiger partial charge in [0, 0.05) is 0 Å². The van der Waals surface area contributed by atoms with E-state index in [9.17, 15) is 13.2 Å². The minimum atomic E-state index is -4.67. The molecular weight excluding hydrogens is 373 g/mol. The fourth-order valence-corrected chi connectivity index (χ4v) is 4.47. The number of hydrogen-bond acceptors (Lipinski definition) is 1. The number of halogens is 3. The van der Waals surface area contributed by atoms with Crippen molar-refractivity contribution in [2.75, 3.05) is 0 Å². The first-order valence-corrected chi connectivity index (χ1v) is 9.79. The molecule has 0 fully saturated rings. The molecule has 1 nitrogen and oxygen atoms in total. The maximum absolute atomic E-state index is 12.4. The molecule has 29 heavy (non-hydrogen) atoms. The second-order valence-corrected chi connectivity index (χ2v) is 7.56. The molecule has 0 aromatic heterocycles. The molecule has 0 heterocycles. The lowest BCUT2D eigenvalue weighted by molar-refractivity contribution is -0.274. The molecule has 0 saturated carbocycles. The Morgan fingerprint density at radius 1 is 0.793 bits per heavy atom. The van der Waals surface area contributed by atoms with Crippen molar-refractivity contribution in [2.45, 2.75) is 32.0 Å². The van der Waals surface area contributed by atoms with Crippen LogP contribution in [-0.2, 0) is 6.42 Å². The van der Waals surface area contributed by atoms with E-state index in [0.717, 1.165) is 42.2 Å². The van der Waals surface area contributed by atoms with Crippen LogP contribution in [0.25, 0.3) is 27.5 Å². The molecule has 0 unspecified atom stereocenters. The lowest BCUT2D eigenvalue weighted by atomic mass is 9.79. The van der Waals surface area contributed by atoms with Crippen LogP contribution in [0.1, 0.15) is 30.4 Å². The number of hydrogen-bond donors (Lipinski definition) is 0. The van der Waals surface area contributed by atoms with Gasteiger partial charge in [-0.25, -0.2) is 0 Å². The Labute approximate surface area is 167 Å². The van der Waals surface area contributed by atoms with Gasteiger partial charge in [-0.05, 0) is 82.5 Å². The Hall–Kier alpha value is -3.01. The summed E-state index contributed by atoms with van der Waals surface area (Å²) in [6.07, 6.45) is 4.33. The van der Waals surface area contributed by atoms with E-state index >= 15 is 0 Å². The lowest BCUT2D eigenvalue weighted by Crippen LogP contribution is -2.16. The monoisotopic (exact) mass is 392 g/mol. The Kier molecular flexibility index (Phi) is 4.23. The van der Waals surface area contributed by atoms with Crippen molar-refractivity contribution < 1.29 is 17.9 Å². The van der Waals surface area contributed by atoms with Crippen LogP contribution in [0.4, 0.5) is 13.2 Å². The van der Waals surface area contributed by atoms with Crippen molar-refractivity contribution in [3.8, 4) is 16.9 Å². The van der Waals surface area contributed by atoms with Gasteiger partial charge in [-0.1, -0.05) is 54.1 Å². The van der Waals surface area contributed by atoms with Crippen molar-refractivity contribution in [2.24, 2.45) is 0 Å². The summed E-state index contributed by atoms with van der Waals surface area (Å²) >= 11 is 0. The van der Waals surface area contributed by atoms with Crippen LogP contribution in [0.2, 0.25) is 0 Å². The number of benzene rings is 3. The zero-order chi connectivity index (χ0) is 20.0. The first-order chi connectivity index (χ1) is 14.0. The Balaban J connectivity index is 1.51. The van der Waals surface area contributed by atoms with Crippen molar-refractivity contribution in [3.05, 3.63) is 83.4 Å². The van der Waals surface area contributed by atoms with Crippen LogP contribution in [-0.4, -0.2) is 6.36 Å². The summed E-state index contributed by atoms with van der Waals surface area (Å²) in [7, 11) is 0. The van der Waals surface area contributed by atoms with Gasteiger partial charge < -0.3 is 4.74 Å². The third-order valence-electron chi connectivity index (χ3n) is 5.80. The van der Waals surface area contributed by atoms with Crippen molar-refractivity contribution in [3.63, 3.8) is 0 Å². The van der Waals surface area contributed by atoms with Gasteiger partial charge in [-0.3, -0.25) is 0 Å². The highest BCUT2D eigenvalue weighted by molar-refractivity contribution is 5.95. The summed E-state index contributed by atoms with van der Waals surface area (Å²) in [5.41, 5.74) is 7.54. The Morgan fingerprint density at radius 2 is 1.59 bits per heavy atom. The molecule has 0 radical (unpaired) electrons. The molecule has 4 heteroatoms. The number of aryl methyl sites for hydroxylation is 1. The van der Waals surface area contributed by atoms with E-state index in [4.69, 9.17) is 0 Å². The molecule has 0 atom stereocenters. The van der Waals surface area contributed by atoms with E-state index < -0.39 is 6.36 Å². The zero-order valence-electron chi connectivity index (χ0n) is 15.7. The molecule has 0 aliphatic heterocycles. The lowest BCUT2D eigenvalue weighted by Gasteiger charge is -2.25. The van der Waals surface area contributed by atoms with E-state index in [-0.39, 0.29) is 5.75 Å². The van der Waals surface area contributed by atoms with E-state index in [1.165, 1.54) is 34.2 Å². The quantitative estimate of drug-likeness (QED) is 0.440. The highest BCUT2D eigenvalue weighted by Crippen LogP contribution is 2.40. The second-order valence-electron chi connectivity index (χ2n) is 7.56. The maximum Gasteiger partial charge on any atom is 0.573 e. The Bertz CT molecular complexity index is 1150. The standard InChI is InChI=1S/C25H19F3O/c26-25(27,28)29-20-10-5-16(6-11-20)18-8-12-22-19(15-18)9-14-23-21-4-2-1-3-17(21)7-13-24(22)23/h2,4-6,8-12,14-15H,1,3,7,13H2. The highest BCUT2D eigenvalue weighted by Gasteiger charge is 2.31. The average Bonchev–Trinajstić information content (AvgIpc) is 2.72. The van der Waals surface area contributed by atoms with Gasteiger partial charge in [0.15, 0.2) is 0 Å². The predicted octanol–water partition coefficient (Wildman–Crippen LogP) is 7.46. The maximum atomic E-state index is 12.4. The number of ether oxygens (including phenoxy) is 1. The predicted molar refractivity (Wildman–Crippen MR) is 110 cm³/mol. The van der Waals surface area contributed by atoms with Crippen molar-refractivity contribution in [1.82, 2.24) is 0 Å². The summed E-state index contributed by atoms with van der Waals surface area (Å²) < 4.78 is 41.0. The van der Waals surface area contributed by atoms with Gasteiger partial charge in [0.25, 0.3) is 0 Å². The minimum Gasteiger partial charge on any atom is -0.406 e. The first kappa shape index (κ1) is 18.0. The highest BCUT2D eigenvalue weighted by atomic mass is 19.4. The van der Waals surface area contributed by atoms with Crippen LogP contribution >= 0.6 is 0 Å². The molecular formula is C25H19F3O. The molecule has 5 rings (SSSR count). The summed E-state index contributed by atoms with van der Waals surface area (Å²) in [6.45, 7) is 0. The molecule has 3 aromatic carbocycles. The fourth-order valence-electron chi connectivity index (χ4n) is 4.47. The van der Waals surface area contributed by atoms with Gasteiger partial charge in [0.2, 0.25) is 0 Å². The van der Waals surface area contributed by atoms with E-state index in [1.54, 1.807) is 17.7 Å². The van der Waals surface area contributed by atoms with Crippen molar-refractivity contribution in [1.29, 1.82) is 0 Å². The Morgan fingerprint density at radius 3 is 2.38 bits per heavy atom. The normalized spacial score (nSPS) is 16.0. The van der Waals surface area contributed by atoms with Gasteiger partial charge in [0.05, 0.1) is 0 Å². The fraction of sp³-hybridized carbons (Fsp3) is 0.200. The molecule has 2 aliphatic carbocycles. The molecule has 0 N–H and O–H groups in total. The molecule has 2 aliphatic rings. The van der Waals surface area contributed by atoms with Gasteiger partial charge in [-0.2, -0.15) is 0 Å². The molecule has 0 bridgehead atoms. The topological polar surface area (TPSA) is 9.23 Å². The zero-order valence-corrected chi connectivity index (χ0v) is 15.7. The molecule has 3 aromatic rings. The van der Waals surface area contributed by atoms with Crippen molar-refractivity contribution >= 4 is 16.3 Å². The largest absolute Gasteiger partial charge is 0.573 e. The summed E-state index contributed by atoms with van der Waals surface area (Å²) in [4.78, 5) is 0. The molecule has 0 amide bonds. The number of fused-ring (bicyclic) bond motifs is 4. The smallest absolute Gasteiger partial charge is 0.406 e. The number of rotatable bonds is 2. The van der Waals surface area contributed by atoms with Crippen LogP contribution in [0.5, 0.6) is 5.75 Å². The summed E-state index contributed by atoms with van der Waals surface area (Å²) in [6, 6.07) is 16.7. The molecule has 0 saturated heterocycles. The van der Waals surface area contributed by atoms with Crippen LogP contribution < -0.4 is 4.74 Å². The van der Waals surface area contributed by atoms with E-state index in [2.05, 4.69) is 41.2 Å². The third kappa shape index (κ3) is 3.44. The van der Waals surface area contributed by atoms with Gasteiger partial charge in [0.1, 0.15) is 5.75 Å². The van der Waals surface area contributed by atoms with Gasteiger partial charge >= 0.3 is 6.36 Å².